The number of hydrogen-bond acceptors (Lipinski definition) is 2. The van der Waals surface area contributed by atoms with E-state index in [-0.39, 0.29) is 12.2 Å². The van der Waals surface area contributed by atoms with Gasteiger partial charge in [0.2, 0.25) is 5.78 Å². The van der Waals surface area contributed by atoms with Gasteiger partial charge in [-0.2, -0.15) is 13.2 Å². The van der Waals surface area contributed by atoms with E-state index in [0.29, 0.717) is 28.1 Å². The second-order valence-corrected chi connectivity index (χ2v) is 6.32. The molecule has 0 aliphatic carbocycles. The van der Waals surface area contributed by atoms with Gasteiger partial charge in [0, 0.05) is 18.3 Å². The molecule has 4 nitrogen and oxygen atoms in total. The van der Waals surface area contributed by atoms with Crippen molar-refractivity contribution >= 4 is 11.8 Å². The number of aliphatic carboxylic acids is 1. The van der Waals surface area contributed by atoms with E-state index in [1.165, 1.54) is 10.6 Å². The zero-order valence-electron chi connectivity index (χ0n) is 14.8. The number of alkyl halides is 3. The third kappa shape index (κ3) is 3.98. The molecule has 0 amide bonds. The first kappa shape index (κ1) is 19.4. The van der Waals surface area contributed by atoms with Crippen molar-refractivity contribution in [1.82, 2.24) is 4.57 Å². The minimum atomic E-state index is -4.42. The fourth-order valence-electron chi connectivity index (χ4n) is 2.95. The Kier molecular flexibility index (Phi) is 5.09. The van der Waals surface area contributed by atoms with Crippen LogP contribution >= 0.6 is 0 Å². The van der Waals surface area contributed by atoms with E-state index in [4.69, 9.17) is 5.11 Å². The highest BCUT2D eigenvalue weighted by Crippen LogP contribution is 2.32. The normalized spacial score (nSPS) is 11.4. The summed E-state index contributed by atoms with van der Waals surface area (Å²) in [4.78, 5) is 23.5. The number of aromatic nitrogens is 1. The number of carbonyl (C=O) groups is 2. The smallest absolute Gasteiger partial charge is 0.416 e. The van der Waals surface area contributed by atoms with Crippen LogP contribution in [0.1, 0.15) is 27.3 Å². The van der Waals surface area contributed by atoms with Crippen molar-refractivity contribution in [3.63, 3.8) is 0 Å². The predicted octanol–water partition coefficient (Wildman–Crippen LogP) is 4.57. The Morgan fingerprint density at radius 2 is 1.64 bits per heavy atom. The maximum absolute atomic E-state index is 12.9. The second-order valence-electron chi connectivity index (χ2n) is 6.32. The number of carboxylic acid groups (broad SMARTS) is 1. The number of carboxylic acids is 1. The van der Waals surface area contributed by atoms with Crippen LogP contribution < -0.4 is 0 Å². The number of rotatable bonds is 5. The first-order valence-electron chi connectivity index (χ1n) is 8.35. The van der Waals surface area contributed by atoms with Gasteiger partial charge < -0.3 is 9.67 Å². The van der Waals surface area contributed by atoms with Gasteiger partial charge >= 0.3 is 12.1 Å². The molecule has 3 rings (SSSR count). The van der Waals surface area contributed by atoms with E-state index in [2.05, 4.69) is 0 Å². The van der Waals surface area contributed by atoms with Crippen LogP contribution in [0.4, 0.5) is 13.2 Å². The number of carbonyl (C=O) groups excluding carboxylic acids is 1. The lowest BCUT2D eigenvalue weighted by molar-refractivity contribution is -0.138. The molecule has 28 heavy (non-hydrogen) atoms. The van der Waals surface area contributed by atoms with E-state index in [1.54, 1.807) is 49.5 Å². The minimum absolute atomic E-state index is 0.196. The van der Waals surface area contributed by atoms with Crippen molar-refractivity contribution in [3.8, 4) is 11.1 Å². The molecule has 2 aromatic carbocycles. The Hall–Kier alpha value is -3.35. The topological polar surface area (TPSA) is 59.3 Å². The zero-order valence-corrected chi connectivity index (χ0v) is 14.8. The molecule has 1 N–H and O–H groups in total. The highest BCUT2D eigenvalue weighted by atomic mass is 19.4. The van der Waals surface area contributed by atoms with Gasteiger partial charge in [-0.25, -0.2) is 0 Å². The summed E-state index contributed by atoms with van der Waals surface area (Å²) in [5.41, 5.74) is 1.41. The van der Waals surface area contributed by atoms with Crippen LogP contribution in [0.15, 0.2) is 60.7 Å². The van der Waals surface area contributed by atoms with Gasteiger partial charge in [0.25, 0.3) is 0 Å². The van der Waals surface area contributed by atoms with Crippen LogP contribution in [0.5, 0.6) is 0 Å². The Balaban J connectivity index is 1.86. The summed E-state index contributed by atoms with van der Waals surface area (Å²) in [5, 5.41) is 8.90. The average Bonchev–Trinajstić information content (AvgIpc) is 3.00. The third-order valence-electron chi connectivity index (χ3n) is 4.46. The summed E-state index contributed by atoms with van der Waals surface area (Å²) < 4.78 is 40.2. The summed E-state index contributed by atoms with van der Waals surface area (Å²) in [6.07, 6.45) is -4.62. The lowest BCUT2D eigenvalue weighted by Gasteiger charge is -2.10. The molecule has 1 heterocycles. The predicted molar refractivity (Wildman–Crippen MR) is 97.1 cm³/mol. The van der Waals surface area contributed by atoms with Crippen LogP contribution in [-0.4, -0.2) is 21.4 Å². The molecule has 0 fully saturated rings. The van der Waals surface area contributed by atoms with Crippen LogP contribution in [0.25, 0.3) is 11.1 Å². The van der Waals surface area contributed by atoms with Gasteiger partial charge in [-0.15, -0.1) is 0 Å². The number of benzene rings is 2. The molecule has 0 saturated heterocycles. The van der Waals surface area contributed by atoms with Crippen LogP contribution in [0.3, 0.4) is 0 Å². The highest BCUT2D eigenvalue weighted by molar-refractivity contribution is 6.08. The zero-order chi connectivity index (χ0) is 20.5. The molecule has 7 heteroatoms. The Bertz CT molecular complexity index is 1030. The van der Waals surface area contributed by atoms with Crippen molar-refractivity contribution in [2.45, 2.75) is 12.6 Å². The summed E-state index contributed by atoms with van der Waals surface area (Å²) in [6, 6.07) is 14.4. The Labute approximate surface area is 158 Å². The number of ketones is 1. The molecule has 3 aromatic rings. The lowest BCUT2D eigenvalue weighted by Crippen LogP contribution is -2.11. The van der Waals surface area contributed by atoms with Gasteiger partial charge in [0.05, 0.1) is 17.7 Å². The van der Waals surface area contributed by atoms with Crippen molar-refractivity contribution < 1.29 is 27.9 Å². The maximum Gasteiger partial charge on any atom is 0.416 e. The quantitative estimate of drug-likeness (QED) is 0.653. The van der Waals surface area contributed by atoms with E-state index >= 15 is 0 Å². The molecule has 0 unspecified atom stereocenters. The molecule has 0 atom stereocenters. The molecule has 0 radical (unpaired) electrons. The van der Waals surface area contributed by atoms with Crippen molar-refractivity contribution in [2.24, 2.45) is 7.05 Å². The first-order valence-corrected chi connectivity index (χ1v) is 8.35. The molecule has 0 bridgehead atoms. The third-order valence-corrected chi connectivity index (χ3v) is 4.46. The molecular formula is C21H16F3NO3. The fourth-order valence-corrected chi connectivity index (χ4v) is 2.95. The van der Waals surface area contributed by atoms with E-state index in [9.17, 15) is 22.8 Å². The summed E-state index contributed by atoms with van der Waals surface area (Å²) in [5.74, 6) is -1.29. The van der Waals surface area contributed by atoms with Gasteiger partial charge in [0.15, 0.2) is 0 Å². The van der Waals surface area contributed by atoms with Crippen LogP contribution in [-0.2, 0) is 24.4 Å². The van der Waals surface area contributed by atoms with E-state index < -0.39 is 17.7 Å². The standard InChI is InChI=1S/C21H16F3NO3/c1-25-17(12-19(26)27)9-10-18(25)20(28)14-7-5-13(6-8-14)15-3-2-4-16(11-15)21(22,23)24/h2-11H,12H2,1H3,(H,26,27). The number of nitrogens with zero attached hydrogens (tertiary/aromatic N) is 1. The van der Waals surface area contributed by atoms with Crippen LogP contribution in [0, 0.1) is 0 Å². The lowest BCUT2D eigenvalue weighted by atomic mass is 10.00. The molecular weight excluding hydrogens is 371 g/mol. The number of hydrogen-bond donors (Lipinski definition) is 1. The summed E-state index contributed by atoms with van der Waals surface area (Å²) >= 11 is 0. The molecule has 144 valence electrons. The maximum atomic E-state index is 12.9. The van der Waals surface area contributed by atoms with Crippen molar-refractivity contribution in [1.29, 1.82) is 0 Å². The average molecular weight is 387 g/mol. The first-order chi connectivity index (χ1) is 13.2. The molecule has 1 aromatic heterocycles. The van der Waals surface area contributed by atoms with Crippen LogP contribution in [0.2, 0.25) is 0 Å². The fraction of sp³-hybridized carbons (Fsp3) is 0.143. The van der Waals surface area contributed by atoms with Gasteiger partial charge in [-0.05, 0) is 35.4 Å². The Morgan fingerprint density at radius 3 is 2.25 bits per heavy atom. The van der Waals surface area contributed by atoms with E-state index in [1.807, 2.05) is 0 Å². The van der Waals surface area contributed by atoms with Crippen molar-refractivity contribution in [3.05, 3.63) is 83.2 Å². The summed E-state index contributed by atoms with van der Waals surface area (Å²) in [6.45, 7) is 0. The Morgan fingerprint density at radius 1 is 0.964 bits per heavy atom. The molecule has 0 aliphatic rings. The number of halogens is 3. The highest BCUT2D eigenvalue weighted by Gasteiger charge is 2.30. The monoisotopic (exact) mass is 387 g/mol. The van der Waals surface area contributed by atoms with E-state index in [0.717, 1.165) is 12.1 Å². The van der Waals surface area contributed by atoms with Crippen molar-refractivity contribution in [2.75, 3.05) is 0 Å². The minimum Gasteiger partial charge on any atom is -0.481 e. The van der Waals surface area contributed by atoms with Gasteiger partial charge in [-0.1, -0.05) is 36.4 Å². The molecule has 0 aliphatic heterocycles. The molecule has 0 saturated carbocycles. The van der Waals surface area contributed by atoms with Gasteiger partial charge in [0.1, 0.15) is 0 Å². The molecule has 0 spiro atoms. The summed E-state index contributed by atoms with van der Waals surface area (Å²) in [7, 11) is 1.61. The second kappa shape index (κ2) is 7.34. The largest absolute Gasteiger partial charge is 0.481 e. The SMILES string of the molecule is Cn1c(CC(=O)O)ccc1C(=O)c1ccc(-c2cccc(C(F)(F)F)c2)cc1. The van der Waals surface area contributed by atoms with Gasteiger partial charge in [-0.3, -0.25) is 9.59 Å².